The highest BCUT2D eigenvalue weighted by Crippen LogP contribution is 2.30. The molecule has 0 atom stereocenters. The summed E-state index contributed by atoms with van der Waals surface area (Å²) < 4.78 is 6.59. The maximum Gasteiger partial charge on any atom is 0.216 e. The zero-order valence-corrected chi connectivity index (χ0v) is 9.17. The lowest BCUT2D eigenvalue weighted by Gasteiger charge is -2.06. The first-order valence-corrected chi connectivity index (χ1v) is 5.30. The minimum absolute atomic E-state index is 0.773. The average Bonchev–Trinajstić information content (AvgIpc) is 2.86. The van der Waals surface area contributed by atoms with Crippen LogP contribution in [0.2, 0.25) is 0 Å². The molecule has 0 spiro atoms. The van der Waals surface area contributed by atoms with Gasteiger partial charge >= 0.3 is 0 Å². The zero-order chi connectivity index (χ0) is 9.26. The molecule has 0 bridgehead atoms. The third-order valence-electron chi connectivity index (χ3n) is 2.15. The Hall–Kier alpha value is -0.570. The minimum Gasteiger partial charge on any atom is -0.477 e. The van der Waals surface area contributed by atoms with Gasteiger partial charge < -0.3 is 4.74 Å². The normalized spacial score (nSPS) is 15.8. The van der Waals surface area contributed by atoms with Gasteiger partial charge in [-0.3, -0.25) is 0 Å². The molecule has 0 saturated heterocycles. The summed E-state index contributed by atoms with van der Waals surface area (Å²) in [6, 6.07) is 2.02. The van der Waals surface area contributed by atoms with Gasteiger partial charge in [-0.05, 0) is 47.7 Å². The summed E-state index contributed by atoms with van der Waals surface area (Å²) in [5.74, 6) is 1.56. The molecule has 2 rings (SSSR count). The Morgan fingerprint density at radius 1 is 1.62 bits per heavy atom. The zero-order valence-electron chi connectivity index (χ0n) is 7.59. The summed E-state index contributed by atoms with van der Waals surface area (Å²) in [7, 11) is 0. The Morgan fingerprint density at radius 3 is 3.00 bits per heavy atom. The molecule has 70 valence electrons. The molecule has 1 heterocycles. The molecule has 13 heavy (non-hydrogen) atoms. The van der Waals surface area contributed by atoms with Gasteiger partial charge in [0.2, 0.25) is 5.88 Å². The lowest BCUT2D eigenvalue weighted by atomic mass is 10.3. The van der Waals surface area contributed by atoms with E-state index in [0.717, 1.165) is 28.4 Å². The van der Waals surface area contributed by atoms with E-state index in [1.807, 2.05) is 13.0 Å². The predicted octanol–water partition coefficient (Wildman–Crippen LogP) is 2.94. The van der Waals surface area contributed by atoms with Crippen LogP contribution in [0.5, 0.6) is 5.88 Å². The van der Waals surface area contributed by atoms with E-state index < -0.39 is 0 Å². The van der Waals surface area contributed by atoms with E-state index in [2.05, 4.69) is 20.9 Å². The number of ether oxygens (including phenoxy) is 1. The van der Waals surface area contributed by atoms with Crippen LogP contribution in [-0.2, 0) is 0 Å². The fourth-order valence-electron chi connectivity index (χ4n) is 1.16. The number of halogens is 1. The van der Waals surface area contributed by atoms with Crippen LogP contribution in [0.1, 0.15) is 18.4 Å². The molecule has 0 aromatic carbocycles. The van der Waals surface area contributed by atoms with E-state index >= 15 is 0 Å². The van der Waals surface area contributed by atoms with Gasteiger partial charge in [-0.25, -0.2) is 4.98 Å². The van der Waals surface area contributed by atoms with Crippen molar-refractivity contribution in [3.63, 3.8) is 0 Å². The Bertz CT molecular complexity index is 310. The van der Waals surface area contributed by atoms with Crippen molar-refractivity contribution in [1.82, 2.24) is 4.98 Å². The lowest BCUT2D eigenvalue weighted by molar-refractivity contribution is 0.286. The molecule has 3 heteroatoms. The molecular weight excluding hydrogens is 230 g/mol. The summed E-state index contributed by atoms with van der Waals surface area (Å²) in [6.45, 7) is 2.84. The van der Waals surface area contributed by atoms with Gasteiger partial charge in [-0.15, -0.1) is 0 Å². The highest BCUT2D eigenvalue weighted by Gasteiger charge is 2.22. The molecule has 2 nitrogen and oxygen atoms in total. The minimum atomic E-state index is 0.773. The molecular formula is C10H12BrNO. The number of hydrogen-bond acceptors (Lipinski definition) is 2. The fraction of sp³-hybridized carbons (Fsp3) is 0.500. The largest absolute Gasteiger partial charge is 0.477 e. The summed E-state index contributed by atoms with van der Waals surface area (Å²) in [4.78, 5) is 4.21. The molecule has 1 aliphatic carbocycles. The van der Waals surface area contributed by atoms with Crippen LogP contribution in [0.4, 0.5) is 0 Å². The number of nitrogens with zero attached hydrogens (tertiary/aromatic N) is 1. The lowest BCUT2D eigenvalue weighted by Crippen LogP contribution is -2.02. The third kappa shape index (κ3) is 2.44. The maximum absolute atomic E-state index is 5.58. The van der Waals surface area contributed by atoms with Crippen molar-refractivity contribution in [2.45, 2.75) is 19.8 Å². The quantitative estimate of drug-likeness (QED) is 0.812. The van der Waals surface area contributed by atoms with Gasteiger partial charge in [0, 0.05) is 16.2 Å². The van der Waals surface area contributed by atoms with Crippen LogP contribution in [0.15, 0.2) is 16.7 Å². The van der Waals surface area contributed by atoms with Gasteiger partial charge in [0.05, 0.1) is 6.61 Å². The van der Waals surface area contributed by atoms with E-state index in [1.165, 1.54) is 12.8 Å². The Morgan fingerprint density at radius 2 is 2.38 bits per heavy atom. The molecule has 0 radical (unpaired) electrons. The van der Waals surface area contributed by atoms with E-state index in [1.54, 1.807) is 6.20 Å². The van der Waals surface area contributed by atoms with Gasteiger partial charge in [-0.2, -0.15) is 0 Å². The molecule has 0 amide bonds. The summed E-state index contributed by atoms with van der Waals surface area (Å²) in [5, 5.41) is 0. The molecule has 1 aliphatic rings. The molecule has 1 saturated carbocycles. The number of hydrogen-bond donors (Lipinski definition) is 0. The first-order chi connectivity index (χ1) is 6.25. The molecule has 1 aromatic rings. The summed E-state index contributed by atoms with van der Waals surface area (Å²) in [6.07, 6.45) is 4.40. The second kappa shape index (κ2) is 3.66. The van der Waals surface area contributed by atoms with Crippen molar-refractivity contribution >= 4 is 15.9 Å². The summed E-state index contributed by atoms with van der Waals surface area (Å²) in [5.41, 5.74) is 1.09. The fourth-order valence-corrected chi connectivity index (χ4v) is 1.61. The highest BCUT2D eigenvalue weighted by atomic mass is 79.9. The SMILES string of the molecule is Cc1cc(Br)cnc1OCC1CC1. The molecule has 0 N–H and O–H groups in total. The van der Waals surface area contributed by atoms with Crippen LogP contribution < -0.4 is 4.74 Å². The number of aryl methyl sites for hydroxylation is 1. The predicted molar refractivity (Wildman–Crippen MR) is 54.9 cm³/mol. The maximum atomic E-state index is 5.58. The molecule has 1 aromatic heterocycles. The monoisotopic (exact) mass is 241 g/mol. The van der Waals surface area contributed by atoms with Crippen LogP contribution in [0, 0.1) is 12.8 Å². The van der Waals surface area contributed by atoms with E-state index in [9.17, 15) is 0 Å². The van der Waals surface area contributed by atoms with Crippen molar-refractivity contribution in [3.05, 3.63) is 22.3 Å². The third-order valence-corrected chi connectivity index (χ3v) is 2.58. The first-order valence-electron chi connectivity index (χ1n) is 4.50. The van der Waals surface area contributed by atoms with Crippen LogP contribution in [0.3, 0.4) is 0 Å². The first kappa shape index (κ1) is 9.00. The second-order valence-corrected chi connectivity index (χ2v) is 4.45. The van der Waals surface area contributed by atoms with E-state index in [4.69, 9.17) is 4.74 Å². The average molecular weight is 242 g/mol. The second-order valence-electron chi connectivity index (χ2n) is 3.53. The number of pyridine rings is 1. The Balaban J connectivity index is 2.01. The van der Waals surface area contributed by atoms with Gasteiger partial charge in [0.25, 0.3) is 0 Å². The molecule has 1 fully saturated rings. The van der Waals surface area contributed by atoms with Crippen LogP contribution in [-0.4, -0.2) is 11.6 Å². The number of aromatic nitrogens is 1. The van der Waals surface area contributed by atoms with Crippen molar-refractivity contribution in [1.29, 1.82) is 0 Å². The van der Waals surface area contributed by atoms with Crippen molar-refractivity contribution in [3.8, 4) is 5.88 Å². The van der Waals surface area contributed by atoms with Crippen LogP contribution >= 0.6 is 15.9 Å². The van der Waals surface area contributed by atoms with Crippen molar-refractivity contribution < 1.29 is 4.74 Å². The van der Waals surface area contributed by atoms with E-state index in [-0.39, 0.29) is 0 Å². The topological polar surface area (TPSA) is 22.1 Å². The van der Waals surface area contributed by atoms with Gasteiger partial charge in [-0.1, -0.05) is 0 Å². The van der Waals surface area contributed by atoms with Crippen molar-refractivity contribution in [2.75, 3.05) is 6.61 Å². The van der Waals surface area contributed by atoms with Crippen molar-refractivity contribution in [2.24, 2.45) is 5.92 Å². The Kier molecular flexibility index (Phi) is 2.54. The van der Waals surface area contributed by atoms with E-state index in [0.29, 0.717) is 0 Å². The highest BCUT2D eigenvalue weighted by molar-refractivity contribution is 9.10. The molecule has 0 aliphatic heterocycles. The molecule has 0 unspecified atom stereocenters. The number of rotatable bonds is 3. The van der Waals surface area contributed by atoms with Gasteiger partial charge in [0.15, 0.2) is 0 Å². The van der Waals surface area contributed by atoms with Crippen LogP contribution in [0.25, 0.3) is 0 Å². The standard InChI is InChI=1S/C10H12BrNO/c1-7-4-9(11)5-12-10(7)13-6-8-2-3-8/h4-5,8H,2-3,6H2,1H3. The smallest absolute Gasteiger partial charge is 0.216 e. The van der Waals surface area contributed by atoms with Gasteiger partial charge in [0.1, 0.15) is 0 Å². The summed E-state index contributed by atoms with van der Waals surface area (Å²) >= 11 is 3.37. The Labute approximate surface area is 86.5 Å².